The van der Waals surface area contributed by atoms with E-state index in [1.165, 1.54) is 0 Å². The Kier molecular flexibility index (Phi) is 6.26. The standard InChI is InChI=1S/C18H22N6O.C2HF3O2/c1-10-13-9-14(11(2)20-17(13)23(4)22-10)21-18(25)16-6-5-15-12(3)19-7-8-24(15)16;3-2(4,5)1(6)7/h5-6,9,12,19H,7-8H2,1-4H3,(H,21,25);(H,6,7). The largest absolute Gasteiger partial charge is 0.490 e. The molecule has 4 rings (SSSR count). The van der Waals surface area contributed by atoms with Crippen molar-refractivity contribution in [2.45, 2.75) is 39.5 Å². The number of rotatable bonds is 2. The molecule has 3 N–H and O–H groups in total. The number of nitrogens with one attached hydrogen (secondary N) is 2. The molecule has 32 heavy (non-hydrogen) atoms. The van der Waals surface area contributed by atoms with Crippen LogP contribution in [0.5, 0.6) is 0 Å². The highest BCUT2D eigenvalue weighted by atomic mass is 19.4. The fourth-order valence-corrected chi connectivity index (χ4v) is 3.55. The number of carbonyl (C=O) groups excluding carboxylic acids is 1. The van der Waals surface area contributed by atoms with E-state index in [1.807, 2.05) is 39.1 Å². The number of hydrogen-bond donors (Lipinski definition) is 3. The van der Waals surface area contributed by atoms with E-state index in [1.54, 1.807) is 4.68 Å². The Labute approximate surface area is 181 Å². The Bertz CT molecular complexity index is 1180. The minimum absolute atomic E-state index is 0.105. The van der Waals surface area contributed by atoms with Crippen LogP contribution in [-0.2, 0) is 18.4 Å². The van der Waals surface area contributed by atoms with Crippen molar-refractivity contribution in [3.05, 3.63) is 41.0 Å². The number of fused-ring (bicyclic) bond motifs is 2. The minimum atomic E-state index is -5.08. The van der Waals surface area contributed by atoms with Gasteiger partial charge in [0.2, 0.25) is 0 Å². The van der Waals surface area contributed by atoms with Crippen LogP contribution >= 0.6 is 0 Å². The van der Waals surface area contributed by atoms with Crippen LogP contribution in [0.4, 0.5) is 18.9 Å². The summed E-state index contributed by atoms with van der Waals surface area (Å²) in [6.45, 7) is 7.62. The molecule has 0 radical (unpaired) electrons. The molecular weight excluding hydrogens is 429 g/mol. The molecule has 0 bridgehead atoms. The van der Waals surface area contributed by atoms with E-state index in [4.69, 9.17) is 9.90 Å². The molecule has 172 valence electrons. The van der Waals surface area contributed by atoms with Crippen molar-refractivity contribution in [2.75, 3.05) is 11.9 Å². The number of carbonyl (C=O) groups is 2. The van der Waals surface area contributed by atoms with E-state index in [9.17, 15) is 18.0 Å². The second-order valence-electron chi connectivity index (χ2n) is 7.43. The minimum Gasteiger partial charge on any atom is -0.475 e. The number of amides is 1. The maximum absolute atomic E-state index is 12.8. The smallest absolute Gasteiger partial charge is 0.475 e. The van der Waals surface area contributed by atoms with Gasteiger partial charge in [0.05, 0.1) is 17.1 Å². The van der Waals surface area contributed by atoms with Gasteiger partial charge in [-0.25, -0.2) is 9.78 Å². The summed E-state index contributed by atoms with van der Waals surface area (Å²) in [6, 6.07) is 6.13. The summed E-state index contributed by atoms with van der Waals surface area (Å²) in [5.41, 5.74) is 5.07. The molecule has 9 nitrogen and oxygen atoms in total. The molecule has 4 heterocycles. The normalized spacial score (nSPS) is 15.7. The number of alkyl halides is 3. The van der Waals surface area contributed by atoms with Gasteiger partial charge in [0, 0.05) is 37.3 Å². The van der Waals surface area contributed by atoms with Gasteiger partial charge >= 0.3 is 12.1 Å². The lowest BCUT2D eigenvalue weighted by molar-refractivity contribution is -0.192. The molecule has 0 aliphatic carbocycles. The lowest BCUT2D eigenvalue weighted by atomic mass is 10.2. The fourth-order valence-electron chi connectivity index (χ4n) is 3.55. The average molecular weight is 452 g/mol. The van der Waals surface area contributed by atoms with Gasteiger partial charge in [0.1, 0.15) is 5.69 Å². The zero-order chi connectivity index (χ0) is 23.8. The number of anilines is 1. The summed E-state index contributed by atoms with van der Waals surface area (Å²) in [7, 11) is 1.88. The van der Waals surface area contributed by atoms with E-state index >= 15 is 0 Å². The van der Waals surface area contributed by atoms with Crippen molar-refractivity contribution in [3.63, 3.8) is 0 Å². The van der Waals surface area contributed by atoms with Crippen molar-refractivity contribution >= 4 is 28.6 Å². The first-order chi connectivity index (χ1) is 14.9. The lowest BCUT2D eigenvalue weighted by Gasteiger charge is -2.24. The molecule has 1 atom stereocenters. The monoisotopic (exact) mass is 452 g/mol. The van der Waals surface area contributed by atoms with Crippen LogP contribution < -0.4 is 10.6 Å². The maximum atomic E-state index is 12.8. The highest BCUT2D eigenvalue weighted by Crippen LogP contribution is 2.25. The maximum Gasteiger partial charge on any atom is 0.490 e. The number of hydrogen-bond acceptors (Lipinski definition) is 5. The Morgan fingerprint density at radius 3 is 2.53 bits per heavy atom. The van der Waals surface area contributed by atoms with Crippen molar-refractivity contribution < 1.29 is 27.9 Å². The van der Waals surface area contributed by atoms with E-state index < -0.39 is 12.1 Å². The van der Waals surface area contributed by atoms with Crippen LogP contribution in [0.1, 0.15) is 40.5 Å². The molecular formula is C20H23F3N6O3. The zero-order valence-corrected chi connectivity index (χ0v) is 17.9. The van der Waals surface area contributed by atoms with E-state index in [0.717, 1.165) is 46.9 Å². The Morgan fingerprint density at radius 2 is 1.91 bits per heavy atom. The van der Waals surface area contributed by atoms with Crippen molar-refractivity contribution in [1.82, 2.24) is 24.6 Å². The number of carboxylic acid groups (broad SMARTS) is 1. The quantitative estimate of drug-likeness (QED) is 0.551. The summed E-state index contributed by atoms with van der Waals surface area (Å²) >= 11 is 0. The topological polar surface area (TPSA) is 114 Å². The van der Waals surface area contributed by atoms with Gasteiger partial charge < -0.3 is 20.3 Å². The summed E-state index contributed by atoms with van der Waals surface area (Å²) in [5, 5.41) is 18.9. The Hall–Kier alpha value is -3.41. The van der Waals surface area contributed by atoms with Gasteiger partial charge in [-0.3, -0.25) is 9.48 Å². The van der Waals surface area contributed by atoms with Crippen molar-refractivity contribution in [2.24, 2.45) is 7.05 Å². The molecule has 1 amide bonds. The number of carboxylic acids is 1. The van der Waals surface area contributed by atoms with Crippen LogP contribution in [0.15, 0.2) is 18.2 Å². The predicted octanol–water partition coefficient (Wildman–Crippen LogP) is 2.94. The molecule has 1 aliphatic rings. The van der Waals surface area contributed by atoms with Crippen LogP contribution in [0.25, 0.3) is 11.0 Å². The van der Waals surface area contributed by atoms with Crippen LogP contribution in [-0.4, -0.2) is 49.0 Å². The first-order valence-corrected chi connectivity index (χ1v) is 9.75. The third-order valence-corrected chi connectivity index (χ3v) is 5.16. The summed E-state index contributed by atoms with van der Waals surface area (Å²) in [5.74, 6) is -2.86. The van der Waals surface area contributed by atoms with E-state index in [2.05, 4.69) is 32.2 Å². The van der Waals surface area contributed by atoms with Gasteiger partial charge in [-0.2, -0.15) is 18.3 Å². The Morgan fingerprint density at radius 1 is 1.25 bits per heavy atom. The van der Waals surface area contributed by atoms with Gasteiger partial charge in [0.15, 0.2) is 5.65 Å². The fraction of sp³-hybridized carbons (Fsp3) is 0.400. The van der Waals surface area contributed by atoms with E-state index in [-0.39, 0.29) is 11.9 Å². The highest BCUT2D eigenvalue weighted by Gasteiger charge is 2.38. The van der Waals surface area contributed by atoms with Crippen LogP contribution in [0, 0.1) is 13.8 Å². The SMILES string of the molecule is Cc1nc2c(cc1NC(=O)c1ccc3n1CCNC3C)c(C)nn2C.O=C(O)C(F)(F)F. The van der Waals surface area contributed by atoms with Crippen LogP contribution in [0.2, 0.25) is 0 Å². The second kappa shape index (κ2) is 8.61. The summed E-state index contributed by atoms with van der Waals surface area (Å²) in [6.07, 6.45) is -5.08. The zero-order valence-electron chi connectivity index (χ0n) is 17.9. The van der Waals surface area contributed by atoms with Gasteiger partial charge in [-0.15, -0.1) is 0 Å². The lowest BCUT2D eigenvalue weighted by Crippen LogP contribution is -2.33. The predicted molar refractivity (Wildman–Crippen MR) is 110 cm³/mol. The molecule has 0 spiro atoms. The first-order valence-electron chi connectivity index (χ1n) is 9.75. The molecule has 12 heteroatoms. The molecule has 0 fully saturated rings. The molecule has 3 aromatic rings. The van der Waals surface area contributed by atoms with Gasteiger partial charge in [0.25, 0.3) is 5.91 Å². The van der Waals surface area contributed by atoms with Crippen LogP contribution in [0.3, 0.4) is 0 Å². The summed E-state index contributed by atoms with van der Waals surface area (Å²) < 4.78 is 35.6. The van der Waals surface area contributed by atoms with E-state index in [0.29, 0.717) is 5.69 Å². The third-order valence-electron chi connectivity index (χ3n) is 5.16. The molecule has 0 saturated carbocycles. The van der Waals surface area contributed by atoms with Gasteiger partial charge in [-0.05, 0) is 39.0 Å². The number of halogens is 3. The molecule has 0 saturated heterocycles. The number of aliphatic carboxylic acids is 1. The van der Waals surface area contributed by atoms with Crippen molar-refractivity contribution in [1.29, 1.82) is 0 Å². The molecule has 0 aromatic carbocycles. The number of nitrogens with zero attached hydrogens (tertiary/aromatic N) is 4. The van der Waals surface area contributed by atoms with Crippen molar-refractivity contribution in [3.8, 4) is 0 Å². The highest BCUT2D eigenvalue weighted by molar-refractivity contribution is 6.04. The summed E-state index contributed by atoms with van der Waals surface area (Å²) in [4.78, 5) is 26.3. The second-order valence-corrected chi connectivity index (χ2v) is 7.43. The Balaban J connectivity index is 0.000000360. The number of aromatic nitrogens is 4. The molecule has 1 unspecified atom stereocenters. The third kappa shape index (κ3) is 4.59. The average Bonchev–Trinajstić information content (AvgIpc) is 3.24. The molecule has 1 aliphatic heterocycles. The molecule has 3 aromatic heterocycles. The number of pyridine rings is 1. The first kappa shape index (κ1) is 23.3. The number of aryl methyl sites for hydroxylation is 3. The van der Waals surface area contributed by atoms with Gasteiger partial charge in [-0.1, -0.05) is 0 Å².